The Bertz CT molecular complexity index is 349. The van der Waals surface area contributed by atoms with Crippen LogP contribution in [0.15, 0.2) is 12.4 Å². The Morgan fingerprint density at radius 1 is 1.33 bits per heavy atom. The van der Waals surface area contributed by atoms with E-state index in [1.165, 1.54) is 25.7 Å². The quantitative estimate of drug-likeness (QED) is 0.644. The van der Waals surface area contributed by atoms with Gasteiger partial charge in [0.15, 0.2) is 0 Å². The van der Waals surface area contributed by atoms with Crippen LogP contribution in [0, 0.1) is 0 Å². The average molecular weight is 249 g/mol. The fraction of sp³-hybridized carbons (Fsp3) is 0.692. The van der Waals surface area contributed by atoms with Gasteiger partial charge in [-0.25, -0.2) is 9.97 Å². The highest BCUT2D eigenvalue weighted by atomic mass is 15.1. The molecule has 1 fully saturated rings. The van der Waals surface area contributed by atoms with Crippen LogP contribution in [0.5, 0.6) is 0 Å². The minimum atomic E-state index is 0.580. The third-order valence-electron chi connectivity index (χ3n) is 3.20. The summed E-state index contributed by atoms with van der Waals surface area (Å²) in [6, 6.07) is 2.56. The summed E-state index contributed by atoms with van der Waals surface area (Å²) < 4.78 is 0. The first kappa shape index (κ1) is 13.1. The maximum atomic E-state index is 4.24. The molecule has 1 saturated heterocycles. The highest BCUT2D eigenvalue weighted by Crippen LogP contribution is 2.10. The number of nitrogens with one attached hydrogen (secondary N) is 3. The monoisotopic (exact) mass is 249 g/mol. The van der Waals surface area contributed by atoms with Gasteiger partial charge in [0.25, 0.3) is 0 Å². The van der Waals surface area contributed by atoms with Gasteiger partial charge in [0.1, 0.15) is 18.0 Å². The molecule has 0 spiro atoms. The summed E-state index contributed by atoms with van der Waals surface area (Å²) in [5.74, 6) is 1.80. The van der Waals surface area contributed by atoms with Crippen molar-refractivity contribution < 1.29 is 0 Å². The number of rotatable bonds is 7. The molecule has 3 N–H and O–H groups in total. The second-order valence-corrected chi connectivity index (χ2v) is 4.74. The largest absolute Gasteiger partial charge is 0.370 e. The van der Waals surface area contributed by atoms with E-state index in [9.17, 15) is 0 Å². The molecule has 1 atom stereocenters. The molecule has 1 aromatic heterocycles. The SMILES string of the molecule is CCCCNc1cc(NCC2CCCN2)ncn1. The molecule has 2 heterocycles. The minimum Gasteiger partial charge on any atom is -0.370 e. The van der Waals surface area contributed by atoms with Gasteiger partial charge in [-0.05, 0) is 25.8 Å². The first-order valence-electron chi connectivity index (χ1n) is 6.91. The van der Waals surface area contributed by atoms with Gasteiger partial charge in [-0.15, -0.1) is 0 Å². The first-order chi connectivity index (χ1) is 8.88. The summed E-state index contributed by atoms with van der Waals surface area (Å²) >= 11 is 0. The predicted molar refractivity (Wildman–Crippen MR) is 74.9 cm³/mol. The van der Waals surface area contributed by atoms with Gasteiger partial charge in [0.2, 0.25) is 0 Å². The maximum Gasteiger partial charge on any atom is 0.131 e. The highest BCUT2D eigenvalue weighted by Gasteiger charge is 2.13. The molecule has 5 heteroatoms. The van der Waals surface area contributed by atoms with E-state index in [4.69, 9.17) is 0 Å². The third-order valence-corrected chi connectivity index (χ3v) is 3.20. The lowest BCUT2D eigenvalue weighted by molar-refractivity contribution is 0.632. The Hall–Kier alpha value is -1.36. The summed E-state index contributed by atoms with van der Waals surface area (Å²) in [6.07, 6.45) is 6.49. The Labute approximate surface area is 109 Å². The number of unbranched alkanes of at least 4 members (excludes halogenated alkanes) is 1. The van der Waals surface area contributed by atoms with E-state index in [-0.39, 0.29) is 0 Å². The summed E-state index contributed by atoms with van der Waals surface area (Å²) in [5, 5.41) is 10.1. The average Bonchev–Trinajstić information content (AvgIpc) is 2.90. The van der Waals surface area contributed by atoms with Gasteiger partial charge >= 0.3 is 0 Å². The number of anilines is 2. The van der Waals surface area contributed by atoms with E-state index in [0.29, 0.717) is 6.04 Å². The third kappa shape index (κ3) is 4.14. The lowest BCUT2D eigenvalue weighted by atomic mass is 10.2. The van der Waals surface area contributed by atoms with Crippen LogP contribution in [0.4, 0.5) is 11.6 Å². The van der Waals surface area contributed by atoms with Crippen LogP contribution in [0.1, 0.15) is 32.6 Å². The fourth-order valence-corrected chi connectivity index (χ4v) is 2.10. The van der Waals surface area contributed by atoms with Crippen LogP contribution < -0.4 is 16.0 Å². The molecule has 1 aliphatic rings. The second-order valence-electron chi connectivity index (χ2n) is 4.74. The molecule has 18 heavy (non-hydrogen) atoms. The molecule has 1 unspecified atom stereocenters. The van der Waals surface area contributed by atoms with Crippen LogP contribution in [0.25, 0.3) is 0 Å². The molecule has 5 nitrogen and oxygen atoms in total. The smallest absolute Gasteiger partial charge is 0.131 e. The fourth-order valence-electron chi connectivity index (χ4n) is 2.10. The highest BCUT2D eigenvalue weighted by molar-refractivity contribution is 5.46. The Balaban J connectivity index is 1.78. The van der Waals surface area contributed by atoms with Crippen molar-refractivity contribution in [1.82, 2.24) is 15.3 Å². The zero-order valence-corrected chi connectivity index (χ0v) is 11.1. The second kappa shape index (κ2) is 7.16. The Kier molecular flexibility index (Phi) is 5.20. The van der Waals surface area contributed by atoms with Crippen molar-refractivity contribution in [2.45, 2.75) is 38.6 Å². The minimum absolute atomic E-state index is 0.580. The molecule has 0 aromatic carbocycles. The topological polar surface area (TPSA) is 61.9 Å². The van der Waals surface area contributed by atoms with Gasteiger partial charge in [-0.3, -0.25) is 0 Å². The molecule has 1 aromatic rings. The molecule has 0 radical (unpaired) electrons. The molecular formula is C13H23N5. The molecule has 100 valence electrons. The zero-order valence-electron chi connectivity index (χ0n) is 11.1. The lowest BCUT2D eigenvalue weighted by Crippen LogP contribution is -2.29. The molecule has 2 rings (SSSR count). The van der Waals surface area contributed by atoms with Crippen molar-refractivity contribution in [3.8, 4) is 0 Å². The summed E-state index contributed by atoms with van der Waals surface area (Å²) in [5.41, 5.74) is 0. The number of hydrogen-bond acceptors (Lipinski definition) is 5. The summed E-state index contributed by atoms with van der Waals surface area (Å²) in [6.45, 7) is 5.23. The van der Waals surface area contributed by atoms with E-state index in [1.54, 1.807) is 6.33 Å². The van der Waals surface area contributed by atoms with E-state index < -0.39 is 0 Å². The standard InChI is InChI=1S/C13H23N5/c1-2-3-6-15-12-8-13(18-10-17-12)16-9-11-5-4-7-14-11/h8,10-11,14H,2-7,9H2,1H3,(H2,15,16,17,18). The van der Waals surface area contributed by atoms with Gasteiger partial charge in [-0.1, -0.05) is 13.3 Å². The van der Waals surface area contributed by atoms with Crippen molar-refractivity contribution in [2.75, 3.05) is 30.3 Å². The molecule has 0 saturated carbocycles. The van der Waals surface area contributed by atoms with Gasteiger partial charge in [0, 0.05) is 25.2 Å². The zero-order chi connectivity index (χ0) is 12.6. The van der Waals surface area contributed by atoms with Crippen molar-refractivity contribution in [1.29, 1.82) is 0 Å². The Morgan fingerprint density at radius 2 is 2.17 bits per heavy atom. The van der Waals surface area contributed by atoms with E-state index in [2.05, 4.69) is 32.8 Å². The molecule has 0 aliphatic carbocycles. The molecule has 1 aliphatic heterocycles. The number of aromatic nitrogens is 2. The maximum absolute atomic E-state index is 4.24. The van der Waals surface area contributed by atoms with E-state index >= 15 is 0 Å². The summed E-state index contributed by atoms with van der Waals surface area (Å²) in [7, 11) is 0. The van der Waals surface area contributed by atoms with E-state index in [1.807, 2.05) is 6.07 Å². The van der Waals surface area contributed by atoms with Crippen molar-refractivity contribution in [2.24, 2.45) is 0 Å². The van der Waals surface area contributed by atoms with Crippen LogP contribution in [0.3, 0.4) is 0 Å². The molecule has 0 bridgehead atoms. The number of nitrogens with zero attached hydrogens (tertiary/aromatic N) is 2. The van der Waals surface area contributed by atoms with Gasteiger partial charge in [-0.2, -0.15) is 0 Å². The van der Waals surface area contributed by atoms with Crippen molar-refractivity contribution in [3.05, 3.63) is 12.4 Å². The first-order valence-corrected chi connectivity index (χ1v) is 6.91. The van der Waals surface area contributed by atoms with Crippen molar-refractivity contribution >= 4 is 11.6 Å². The van der Waals surface area contributed by atoms with Gasteiger partial charge in [0.05, 0.1) is 0 Å². The van der Waals surface area contributed by atoms with Crippen molar-refractivity contribution in [3.63, 3.8) is 0 Å². The number of hydrogen-bond donors (Lipinski definition) is 3. The predicted octanol–water partition coefficient (Wildman–Crippen LogP) is 1.85. The Morgan fingerprint density at radius 3 is 2.89 bits per heavy atom. The molecular weight excluding hydrogens is 226 g/mol. The summed E-state index contributed by atoms with van der Waals surface area (Å²) in [4.78, 5) is 8.45. The lowest BCUT2D eigenvalue weighted by Gasteiger charge is -2.12. The van der Waals surface area contributed by atoms with Crippen LogP contribution >= 0.6 is 0 Å². The van der Waals surface area contributed by atoms with Gasteiger partial charge < -0.3 is 16.0 Å². The normalized spacial score (nSPS) is 18.8. The van der Waals surface area contributed by atoms with Crippen LogP contribution in [-0.2, 0) is 0 Å². The van der Waals surface area contributed by atoms with E-state index in [0.717, 1.165) is 31.3 Å². The van der Waals surface area contributed by atoms with Crippen LogP contribution in [-0.4, -0.2) is 35.6 Å². The van der Waals surface area contributed by atoms with Crippen LogP contribution in [0.2, 0.25) is 0 Å². The molecule has 0 amide bonds.